The van der Waals surface area contributed by atoms with Gasteiger partial charge in [0.2, 0.25) is 0 Å². The van der Waals surface area contributed by atoms with E-state index in [-0.39, 0.29) is 5.41 Å². The van der Waals surface area contributed by atoms with Gasteiger partial charge in [0.15, 0.2) is 0 Å². The smallest absolute Gasteiger partial charge is 0.0114 e. The Labute approximate surface area is 105 Å². The molecule has 0 bridgehead atoms. The van der Waals surface area contributed by atoms with Crippen LogP contribution in [0, 0.1) is 20.8 Å². The summed E-state index contributed by atoms with van der Waals surface area (Å²) in [5.74, 6) is 0. The highest BCUT2D eigenvalue weighted by Crippen LogP contribution is 2.38. The standard InChI is InChI=1S/C17H22/c1-12-10-14(3)16(11-13(12)2)17(4,5)15-8-6-7-9-15/h6-8,10-11H,9H2,1-5H3. The third-order valence-corrected chi connectivity index (χ3v) is 4.09. The van der Waals surface area contributed by atoms with Crippen molar-refractivity contribution in [1.29, 1.82) is 0 Å². The van der Waals surface area contributed by atoms with E-state index in [1.54, 1.807) is 0 Å². The van der Waals surface area contributed by atoms with Crippen LogP contribution in [0.25, 0.3) is 0 Å². The molecule has 0 unspecified atom stereocenters. The van der Waals surface area contributed by atoms with Gasteiger partial charge >= 0.3 is 0 Å². The maximum atomic E-state index is 2.36. The molecule has 0 fully saturated rings. The highest BCUT2D eigenvalue weighted by Gasteiger charge is 2.27. The van der Waals surface area contributed by atoms with Crippen LogP contribution in [0.4, 0.5) is 0 Å². The summed E-state index contributed by atoms with van der Waals surface area (Å²) < 4.78 is 0. The topological polar surface area (TPSA) is 0 Å². The Kier molecular flexibility index (Phi) is 2.99. The molecule has 90 valence electrons. The molecule has 0 radical (unpaired) electrons. The molecular weight excluding hydrogens is 204 g/mol. The molecule has 0 aromatic heterocycles. The summed E-state index contributed by atoms with van der Waals surface area (Å²) in [6.07, 6.45) is 7.79. The van der Waals surface area contributed by atoms with Gasteiger partial charge in [0, 0.05) is 5.41 Å². The summed E-state index contributed by atoms with van der Waals surface area (Å²) in [5, 5.41) is 0. The van der Waals surface area contributed by atoms with Crippen LogP contribution < -0.4 is 0 Å². The van der Waals surface area contributed by atoms with E-state index in [2.05, 4.69) is 65.0 Å². The van der Waals surface area contributed by atoms with Crippen molar-refractivity contribution in [2.45, 2.75) is 46.5 Å². The Morgan fingerprint density at radius 3 is 2.18 bits per heavy atom. The van der Waals surface area contributed by atoms with Crippen molar-refractivity contribution in [2.75, 3.05) is 0 Å². The van der Waals surface area contributed by atoms with Gasteiger partial charge in [-0.15, -0.1) is 0 Å². The van der Waals surface area contributed by atoms with Crippen molar-refractivity contribution in [2.24, 2.45) is 0 Å². The third kappa shape index (κ3) is 2.09. The first-order chi connectivity index (χ1) is 7.93. The van der Waals surface area contributed by atoms with Gasteiger partial charge in [-0.1, -0.05) is 49.8 Å². The molecule has 0 nitrogen and oxygen atoms in total. The average molecular weight is 226 g/mol. The van der Waals surface area contributed by atoms with Crippen molar-refractivity contribution in [3.05, 3.63) is 58.2 Å². The Morgan fingerprint density at radius 2 is 1.59 bits per heavy atom. The van der Waals surface area contributed by atoms with E-state index in [0.717, 1.165) is 6.42 Å². The molecule has 17 heavy (non-hydrogen) atoms. The van der Waals surface area contributed by atoms with Gasteiger partial charge in [0.25, 0.3) is 0 Å². The summed E-state index contributed by atoms with van der Waals surface area (Å²) in [6, 6.07) is 4.68. The Balaban J connectivity index is 2.49. The predicted molar refractivity (Wildman–Crippen MR) is 75.5 cm³/mol. The highest BCUT2D eigenvalue weighted by molar-refractivity contribution is 5.47. The predicted octanol–water partition coefficient (Wildman–Crippen LogP) is 4.78. The zero-order valence-electron chi connectivity index (χ0n) is 11.6. The highest BCUT2D eigenvalue weighted by atomic mass is 14.3. The largest absolute Gasteiger partial charge is 0.0804 e. The molecule has 0 saturated carbocycles. The molecule has 0 amide bonds. The summed E-state index contributed by atoms with van der Waals surface area (Å²) in [4.78, 5) is 0. The van der Waals surface area contributed by atoms with E-state index in [1.807, 2.05) is 0 Å². The zero-order chi connectivity index (χ0) is 12.6. The molecule has 1 aliphatic carbocycles. The van der Waals surface area contributed by atoms with Crippen LogP contribution in [0.2, 0.25) is 0 Å². The number of allylic oxidation sites excluding steroid dienone is 4. The lowest BCUT2D eigenvalue weighted by Gasteiger charge is -2.30. The Morgan fingerprint density at radius 1 is 0.941 bits per heavy atom. The van der Waals surface area contributed by atoms with Gasteiger partial charge in [-0.2, -0.15) is 0 Å². The molecule has 0 heteroatoms. The van der Waals surface area contributed by atoms with Gasteiger partial charge in [-0.25, -0.2) is 0 Å². The summed E-state index contributed by atoms with van der Waals surface area (Å²) in [5.41, 5.74) is 7.32. The summed E-state index contributed by atoms with van der Waals surface area (Å²) in [7, 11) is 0. The van der Waals surface area contributed by atoms with Crippen molar-refractivity contribution >= 4 is 0 Å². The van der Waals surface area contributed by atoms with Gasteiger partial charge in [0.1, 0.15) is 0 Å². The van der Waals surface area contributed by atoms with E-state index in [9.17, 15) is 0 Å². The monoisotopic (exact) mass is 226 g/mol. The second-order valence-corrected chi connectivity index (χ2v) is 5.70. The number of hydrogen-bond acceptors (Lipinski definition) is 0. The molecule has 0 saturated heterocycles. The van der Waals surface area contributed by atoms with E-state index in [0.29, 0.717) is 0 Å². The molecule has 0 heterocycles. The Hall–Kier alpha value is -1.30. The molecular formula is C17H22. The fraction of sp³-hybridized carbons (Fsp3) is 0.412. The van der Waals surface area contributed by atoms with Crippen molar-refractivity contribution in [3.8, 4) is 0 Å². The maximum Gasteiger partial charge on any atom is 0.0114 e. The zero-order valence-corrected chi connectivity index (χ0v) is 11.6. The lowest BCUT2D eigenvalue weighted by molar-refractivity contribution is 0.608. The van der Waals surface area contributed by atoms with Crippen LogP contribution in [0.5, 0.6) is 0 Å². The number of rotatable bonds is 2. The molecule has 2 rings (SSSR count). The Bertz CT molecular complexity index is 499. The molecule has 1 aromatic rings. The molecule has 0 aliphatic heterocycles. The minimum Gasteiger partial charge on any atom is -0.0804 e. The van der Waals surface area contributed by atoms with Crippen LogP contribution in [0.3, 0.4) is 0 Å². The van der Waals surface area contributed by atoms with Crippen LogP contribution in [-0.2, 0) is 5.41 Å². The van der Waals surface area contributed by atoms with E-state index >= 15 is 0 Å². The van der Waals surface area contributed by atoms with Crippen molar-refractivity contribution in [1.82, 2.24) is 0 Å². The second-order valence-electron chi connectivity index (χ2n) is 5.70. The third-order valence-electron chi connectivity index (χ3n) is 4.09. The van der Waals surface area contributed by atoms with Crippen LogP contribution in [0.15, 0.2) is 35.9 Å². The minimum atomic E-state index is 0.145. The molecule has 0 atom stereocenters. The first-order valence-corrected chi connectivity index (χ1v) is 6.37. The van der Waals surface area contributed by atoms with Crippen LogP contribution in [0.1, 0.15) is 42.5 Å². The van der Waals surface area contributed by atoms with E-state index in [1.165, 1.54) is 27.8 Å². The van der Waals surface area contributed by atoms with Crippen LogP contribution >= 0.6 is 0 Å². The van der Waals surface area contributed by atoms with Gasteiger partial charge in [-0.05, 0) is 49.4 Å². The maximum absolute atomic E-state index is 2.36. The fourth-order valence-electron chi connectivity index (χ4n) is 2.72. The number of hydrogen-bond donors (Lipinski definition) is 0. The van der Waals surface area contributed by atoms with E-state index in [4.69, 9.17) is 0 Å². The summed E-state index contributed by atoms with van der Waals surface area (Å²) in [6.45, 7) is 11.3. The van der Waals surface area contributed by atoms with Gasteiger partial charge in [-0.3, -0.25) is 0 Å². The van der Waals surface area contributed by atoms with Crippen LogP contribution in [-0.4, -0.2) is 0 Å². The fourth-order valence-corrected chi connectivity index (χ4v) is 2.72. The second kappa shape index (κ2) is 4.18. The lowest BCUT2D eigenvalue weighted by Crippen LogP contribution is -2.21. The number of benzene rings is 1. The molecule has 1 aliphatic rings. The average Bonchev–Trinajstić information content (AvgIpc) is 2.77. The molecule has 0 spiro atoms. The quantitative estimate of drug-likeness (QED) is 0.681. The number of aryl methyl sites for hydroxylation is 3. The van der Waals surface area contributed by atoms with Crippen molar-refractivity contribution < 1.29 is 0 Å². The summed E-state index contributed by atoms with van der Waals surface area (Å²) >= 11 is 0. The normalized spacial score (nSPS) is 15.2. The minimum absolute atomic E-state index is 0.145. The first kappa shape index (κ1) is 12.2. The van der Waals surface area contributed by atoms with Crippen molar-refractivity contribution in [3.63, 3.8) is 0 Å². The van der Waals surface area contributed by atoms with Gasteiger partial charge in [0.05, 0.1) is 0 Å². The van der Waals surface area contributed by atoms with Gasteiger partial charge < -0.3 is 0 Å². The first-order valence-electron chi connectivity index (χ1n) is 6.37. The lowest BCUT2D eigenvalue weighted by atomic mass is 9.74. The SMILES string of the molecule is Cc1cc(C)c(C(C)(C)C2=CC=CC2)cc1C. The van der Waals surface area contributed by atoms with E-state index < -0.39 is 0 Å². The molecule has 0 N–H and O–H groups in total. The molecule has 1 aromatic carbocycles.